The van der Waals surface area contributed by atoms with Crippen molar-refractivity contribution in [1.29, 1.82) is 0 Å². The van der Waals surface area contributed by atoms with E-state index in [1.165, 1.54) is 0 Å². The predicted octanol–water partition coefficient (Wildman–Crippen LogP) is 2.56. The normalized spacial score (nSPS) is 15.0. The van der Waals surface area contributed by atoms with Gasteiger partial charge in [0.2, 0.25) is 0 Å². The third-order valence-corrected chi connectivity index (χ3v) is 5.01. The smallest absolute Gasteiger partial charge is 0.329 e. The van der Waals surface area contributed by atoms with E-state index >= 15 is 0 Å². The van der Waals surface area contributed by atoms with Crippen LogP contribution < -0.4 is 0 Å². The van der Waals surface area contributed by atoms with E-state index in [-0.39, 0.29) is 19.4 Å². The average Bonchev–Trinajstić information content (AvgIpc) is 2.42. The second-order valence-electron chi connectivity index (χ2n) is 4.69. The second-order valence-corrected chi connectivity index (χ2v) is 7.83. The van der Waals surface area contributed by atoms with Gasteiger partial charge in [-0.15, -0.1) is 0 Å². The van der Waals surface area contributed by atoms with Gasteiger partial charge >= 0.3 is 19.5 Å². The molecule has 1 rings (SSSR count). The molecule has 0 spiro atoms. The molecule has 9 heteroatoms. The van der Waals surface area contributed by atoms with Crippen LogP contribution in [0.5, 0.6) is 0 Å². The number of rotatable bonds is 9. The van der Waals surface area contributed by atoms with Crippen LogP contribution in [0.4, 0.5) is 0 Å². The Morgan fingerprint density at radius 3 is 2.32 bits per heavy atom. The van der Waals surface area contributed by atoms with Crippen LogP contribution in [0.3, 0.4) is 0 Å². The molecule has 0 saturated carbocycles. The Hall–Kier alpha value is -0.960. The summed E-state index contributed by atoms with van der Waals surface area (Å²) in [6.45, 7) is -0.115. The number of hydrogen-bond acceptors (Lipinski definition) is 4. The fourth-order valence-corrected chi connectivity index (χ4v) is 3.39. The van der Waals surface area contributed by atoms with Gasteiger partial charge in [-0.25, -0.2) is 0 Å². The summed E-state index contributed by atoms with van der Waals surface area (Å²) in [5, 5.41) is 17.5. The zero-order valence-electron chi connectivity index (χ0n) is 11.5. The molecule has 0 aromatic heterocycles. The molecule has 3 N–H and O–H groups in total. The molecule has 0 bridgehead atoms. The molecule has 0 fully saturated rings. The molecule has 122 valence electrons. The van der Waals surface area contributed by atoms with E-state index in [2.05, 4.69) is 22.6 Å². The lowest BCUT2D eigenvalue weighted by Gasteiger charge is -2.16. The molecule has 0 aliphatic carbocycles. The van der Waals surface area contributed by atoms with Crippen molar-refractivity contribution < 1.29 is 33.8 Å². The molecule has 0 amide bonds. The van der Waals surface area contributed by atoms with Gasteiger partial charge in [0.05, 0.1) is 18.7 Å². The van der Waals surface area contributed by atoms with Crippen LogP contribution >= 0.6 is 30.2 Å². The number of aliphatic carboxylic acids is 2. The summed E-state index contributed by atoms with van der Waals surface area (Å²) < 4.78 is 17.9. The first-order valence-electron chi connectivity index (χ1n) is 6.35. The van der Waals surface area contributed by atoms with Crippen LogP contribution in [0.15, 0.2) is 24.3 Å². The lowest BCUT2D eigenvalue weighted by Crippen LogP contribution is -2.20. The summed E-state index contributed by atoms with van der Waals surface area (Å²) in [6.07, 6.45) is -1.21. The SMILES string of the molecule is O=C(O)CC[C@H](CP(=O)(O)OCc1ccc(I)cc1)C(=O)O. The Labute approximate surface area is 141 Å². The summed E-state index contributed by atoms with van der Waals surface area (Å²) in [7, 11) is -4.12. The van der Waals surface area contributed by atoms with Gasteiger partial charge in [-0.3, -0.25) is 14.2 Å². The number of carboxylic acids is 2. The van der Waals surface area contributed by atoms with Crippen molar-refractivity contribution in [2.75, 3.05) is 6.16 Å². The molecular formula is C13H16IO7P. The maximum Gasteiger partial charge on any atom is 0.329 e. The Morgan fingerprint density at radius 2 is 1.82 bits per heavy atom. The Bertz CT molecular complexity index is 572. The first-order chi connectivity index (χ1) is 10.2. The Balaban J connectivity index is 2.59. The number of carboxylic acid groups (broad SMARTS) is 2. The van der Waals surface area contributed by atoms with E-state index in [0.717, 1.165) is 3.57 Å². The van der Waals surface area contributed by atoms with E-state index in [1.807, 2.05) is 12.1 Å². The topological polar surface area (TPSA) is 121 Å². The van der Waals surface area contributed by atoms with Gasteiger partial charge in [0, 0.05) is 9.99 Å². The largest absolute Gasteiger partial charge is 0.481 e. The third kappa shape index (κ3) is 7.35. The summed E-state index contributed by atoms with van der Waals surface area (Å²) in [4.78, 5) is 31.2. The number of hydrogen-bond donors (Lipinski definition) is 3. The van der Waals surface area contributed by atoms with Gasteiger partial charge in [-0.2, -0.15) is 0 Å². The molecule has 7 nitrogen and oxygen atoms in total. The van der Waals surface area contributed by atoms with Gasteiger partial charge in [0.1, 0.15) is 0 Å². The monoisotopic (exact) mass is 442 g/mol. The highest BCUT2D eigenvalue weighted by Crippen LogP contribution is 2.45. The first-order valence-corrected chi connectivity index (χ1v) is 9.19. The van der Waals surface area contributed by atoms with Crippen molar-refractivity contribution in [3.8, 4) is 0 Å². The van der Waals surface area contributed by atoms with E-state index in [9.17, 15) is 19.0 Å². The Morgan fingerprint density at radius 1 is 1.23 bits per heavy atom. The number of halogens is 1. The summed E-state index contributed by atoms with van der Waals surface area (Å²) in [6, 6.07) is 7.10. The minimum atomic E-state index is -4.12. The maximum absolute atomic E-state index is 11.9. The quantitative estimate of drug-likeness (QED) is 0.397. The van der Waals surface area contributed by atoms with E-state index < -0.39 is 31.6 Å². The van der Waals surface area contributed by atoms with Crippen LogP contribution in [0.25, 0.3) is 0 Å². The van der Waals surface area contributed by atoms with Crippen molar-refractivity contribution in [3.63, 3.8) is 0 Å². The highest BCUT2D eigenvalue weighted by molar-refractivity contribution is 14.1. The molecule has 1 aromatic rings. The fraction of sp³-hybridized carbons (Fsp3) is 0.385. The number of carbonyl (C=O) groups is 2. The molecule has 0 aliphatic rings. The lowest BCUT2D eigenvalue weighted by molar-refractivity contribution is -0.142. The van der Waals surface area contributed by atoms with Crippen molar-refractivity contribution in [2.24, 2.45) is 5.92 Å². The van der Waals surface area contributed by atoms with Crippen molar-refractivity contribution in [2.45, 2.75) is 19.4 Å². The minimum absolute atomic E-state index is 0.115. The van der Waals surface area contributed by atoms with Gasteiger partial charge in [-0.05, 0) is 46.7 Å². The summed E-state index contributed by atoms with van der Waals surface area (Å²) in [5.41, 5.74) is 0.687. The average molecular weight is 442 g/mol. The molecule has 1 unspecified atom stereocenters. The van der Waals surface area contributed by atoms with Crippen LogP contribution in [0, 0.1) is 9.49 Å². The van der Waals surface area contributed by atoms with Gasteiger partial charge in [0.25, 0.3) is 0 Å². The van der Waals surface area contributed by atoms with Crippen LogP contribution in [0.2, 0.25) is 0 Å². The Kier molecular flexibility index (Phi) is 7.47. The van der Waals surface area contributed by atoms with Gasteiger partial charge in [0.15, 0.2) is 0 Å². The van der Waals surface area contributed by atoms with Crippen LogP contribution in [-0.4, -0.2) is 33.2 Å². The van der Waals surface area contributed by atoms with Gasteiger partial charge < -0.3 is 19.6 Å². The zero-order chi connectivity index (χ0) is 16.8. The molecular weight excluding hydrogens is 426 g/mol. The molecule has 0 aliphatic heterocycles. The predicted molar refractivity (Wildman–Crippen MR) is 86.6 cm³/mol. The highest BCUT2D eigenvalue weighted by atomic mass is 127. The van der Waals surface area contributed by atoms with Crippen molar-refractivity contribution in [3.05, 3.63) is 33.4 Å². The van der Waals surface area contributed by atoms with E-state index in [1.54, 1.807) is 12.1 Å². The molecule has 0 heterocycles. The number of benzene rings is 1. The van der Waals surface area contributed by atoms with Crippen molar-refractivity contribution in [1.82, 2.24) is 0 Å². The lowest BCUT2D eigenvalue weighted by atomic mass is 10.1. The molecule has 0 radical (unpaired) electrons. The standard InChI is InChI=1S/C13H16IO7P/c14-11-4-1-9(2-5-11)7-21-22(19,20)8-10(13(17)18)3-6-12(15)16/h1-2,4-5,10H,3,6-8H2,(H,15,16)(H,17,18)(H,19,20)/t10-/m1/s1. The highest BCUT2D eigenvalue weighted by Gasteiger charge is 2.30. The second kappa shape index (κ2) is 8.61. The fourth-order valence-electron chi connectivity index (χ4n) is 1.68. The van der Waals surface area contributed by atoms with E-state index in [0.29, 0.717) is 5.56 Å². The summed E-state index contributed by atoms with van der Waals surface area (Å²) in [5.74, 6) is -3.70. The maximum atomic E-state index is 11.9. The van der Waals surface area contributed by atoms with Gasteiger partial charge in [-0.1, -0.05) is 12.1 Å². The third-order valence-electron chi connectivity index (χ3n) is 2.85. The van der Waals surface area contributed by atoms with Crippen LogP contribution in [0.1, 0.15) is 18.4 Å². The molecule has 2 atom stereocenters. The molecule has 22 heavy (non-hydrogen) atoms. The van der Waals surface area contributed by atoms with E-state index in [4.69, 9.17) is 14.7 Å². The molecule has 1 aromatic carbocycles. The van der Waals surface area contributed by atoms with Crippen LogP contribution in [-0.2, 0) is 25.3 Å². The first kappa shape index (κ1) is 19.1. The minimum Gasteiger partial charge on any atom is -0.481 e. The molecule has 0 saturated heterocycles. The zero-order valence-corrected chi connectivity index (χ0v) is 14.6. The summed E-state index contributed by atoms with van der Waals surface area (Å²) >= 11 is 2.12. The van der Waals surface area contributed by atoms with Crippen molar-refractivity contribution >= 4 is 42.1 Å².